The average molecular weight is 255 g/mol. The molecule has 0 aromatic rings. The summed E-state index contributed by atoms with van der Waals surface area (Å²) in [6, 6.07) is 0. The molecule has 104 valence electrons. The van der Waals surface area contributed by atoms with Crippen LogP contribution in [0.3, 0.4) is 0 Å². The average Bonchev–Trinajstić information content (AvgIpc) is 2.57. The lowest BCUT2D eigenvalue weighted by Gasteiger charge is -2.40. The molecule has 1 saturated heterocycles. The van der Waals surface area contributed by atoms with Crippen molar-refractivity contribution < 1.29 is 9.53 Å². The number of amides is 1. The summed E-state index contributed by atoms with van der Waals surface area (Å²) in [4.78, 5) is 14.1. The third-order valence-corrected chi connectivity index (χ3v) is 4.11. The Hall–Kier alpha value is -0.650. The molecule has 0 atom stereocenters. The number of hydrogen-bond acceptors (Lipinski definition) is 4. The smallest absolute Gasteiger partial charge is 0.234 e. The van der Waals surface area contributed by atoms with Crippen LogP contribution >= 0.6 is 0 Å². The fraction of sp³-hybridized carbons (Fsp3) is 0.923. The zero-order valence-corrected chi connectivity index (χ0v) is 11.3. The Labute approximate surface area is 109 Å². The lowest BCUT2D eigenvalue weighted by molar-refractivity contribution is -0.125. The van der Waals surface area contributed by atoms with E-state index < -0.39 is 0 Å². The maximum Gasteiger partial charge on any atom is 0.234 e. The minimum Gasteiger partial charge on any atom is -0.376 e. The van der Waals surface area contributed by atoms with E-state index in [1.165, 1.54) is 6.42 Å². The normalized spacial score (nSPS) is 24.1. The number of hydrogen-bond donors (Lipinski definition) is 2. The van der Waals surface area contributed by atoms with Gasteiger partial charge in [0, 0.05) is 26.7 Å². The maximum absolute atomic E-state index is 11.9. The van der Waals surface area contributed by atoms with Crippen molar-refractivity contribution in [1.29, 1.82) is 0 Å². The molecule has 2 fully saturated rings. The molecule has 5 nitrogen and oxygen atoms in total. The van der Waals surface area contributed by atoms with Gasteiger partial charge in [0.15, 0.2) is 0 Å². The first-order chi connectivity index (χ1) is 8.74. The first-order valence-corrected chi connectivity index (χ1v) is 6.99. The summed E-state index contributed by atoms with van der Waals surface area (Å²) >= 11 is 0. The van der Waals surface area contributed by atoms with E-state index in [9.17, 15) is 4.79 Å². The van der Waals surface area contributed by atoms with Gasteiger partial charge < -0.3 is 15.4 Å². The molecule has 1 heterocycles. The van der Waals surface area contributed by atoms with E-state index in [1.54, 1.807) is 7.11 Å². The van der Waals surface area contributed by atoms with Gasteiger partial charge in [0.25, 0.3) is 0 Å². The highest BCUT2D eigenvalue weighted by atomic mass is 16.5. The van der Waals surface area contributed by atoms with Gasteiger partial charge in [-0.2, -0.15) is 0 Å². The topological polar surface area (TPSA) is 53.6 Å². The van der Waals surface area contributed by atoms with Crippen molar-refractivity contribution in [3.05, 3.63) is 0 Å². The molecule has 0 spiro atoms. The van der Waals surface area contributed by atoms with Crippen LogP contribution in [0, 0.1) is 0 Å². The number of nitrogens with one attached hydrogen (secondary N) is 2. The van der Waals surface area contributed by atoms with Crippen LogP contribution in [0.25, 0.3) is 0 Å². The number of methoxy groups -OCH3 is 1. The minimum atomic E-state index is -0.0734. The predicted molar refractivity (Wildman–Crippen MR) is 70.5 cm³/mol. The molecule has 1 amide bonds. The summed E-state index contributed by atoms with van der Waals surface area (Å²) < 4.78 is 5.50. The zero-order valence-electron chi connectivity index (χ0n) is 11.3. The van der Waals surface area contributed by atoms with E-state index in [4.69, 9.17) is 4.74 Å². The van der Waals surface area contributed by atoms with Crippen LogP contribution in [0.5, 0.6) is 0 Å². The second-order valence-electron chi connectivity index (χ2n) is 5.40. The number of ether oxygens (including phenoxy) is 1. The van der Waals surface area contributed by atoms with Gasteiger partial charge >= 0.3 is 0 Å². The van der Waals surface area contributed by atoms with E-state index in [0.29, 0.717) is 13.1 Å². The molecule has 1 aliphatic heterocycles. The molecule has 0 aromatic heterocycles. The molecule has 0 unspecified atom stereocenters. The fourth-order valence-electron chi connectivity index (χ4n) is 2.60. The molecule has 2 aliphatic rings. The molecular formula is C13H25N3O2. The quantitative estimate of drug-likeness (QED) is 0.724. The molecule has 18 heavy (non-hydrogen) atoms. The fourth-order valence-corrected chi connectivity index (χ4v) is 2.60. The minimum absolute atomic E-state index is 0.0734. The van der Waals surface area contributed by atoms with Gasteiger partial charge in [0.1, 0.15) is 0 Å². The van der Waals surface area contributed by atoms with E-state index in [2.05, 4.69) is 15.5 Å². The van der Waals surface area contributed by atoms with Crippen molar-refractivity contribution in [2.45, 2.75) is 31.3 Å². The van der Waals surface area contributed by atoms with Gasteiger partial charge in [-0.3, -0.25) is 9.69 Å². The maximum atomic E-state index is 11.9. The molecule has 5 heteroatoms. The SMILES string of the molecule is COC1(CNC(=O)CN2CCCNCC2)CCC1. The van der Waals surface area contributed by atoms with Crippen LogP contribution in [0.2, 0.25) is 0 Å². The van der Waals surface area contributed by atoms with E-state index in [0.717, 1.165) is 45.4 Å². The lowest BCUT2D eigenvalue weighted by atomic mass is 9.80. The summed E-state index contributed by atoms with van der Waals surface area (Å²) in [5.41, 5.74) is -0.0734. The Morgan fingerprint density at radius 2 is 2.17 bits per heavy atom. The van der Waals surface area contributed by atoms with Crippen LogP contribution in [-0.2, 0) is 9.53 Å². The van der Waals surface area contributed by atoms with E-state index >= 15 is 0 Å². The standard InChI is InChI=1S/C13H25N3O2/c1-18-13(4-2-5-13)11-15-12(17)10-16-8-3-6-14-7-9-16/h14H,2-11H2,1H3,(H,15,17). The lowest BCUT2D eigenvalue weighted by Crippen LogP contribution is -2.51. The van der Waals surface area contributed by atoms with Gasteiger partial charge in [-0.15, -0.1) is 0 Å². The third-order valence-electron chi connectivity index (χ3n) is 4.11. The Morgan fingerprint density at radius 3 is 2.83 bits per heavy atom. The summed E-state index contributed by atoms with van der Waals surface area (Å²) in [6.07, 6.45) is 4.46. The van der Waals surface area contributed by atoms with Gasteiger partial charge in [-0.25, -0.2) is 0 Å². The van der Waals surface area contributed by atoms with Crippen LogP contribution in [0.1, 0.15) is 25.7 Å². The first-order valence-electron chi connectivity index (χ1n) is 6.99. The molecule has 0 aromatic carbocycles. The Balaban J connectivity index is 1.68. The molecule has 1 saturated carbocycles. The van der Waals surface area contributed by atoms with Crippen molar-refractivity contribution >= 4 is 5.91 Å². The van der Waals surface area contributed by atoms with Gasteiger partial charge in [-0.1, -0.05) is 0 Å². The van der Waals surface area contributed by atoms with Gasteiger partial charge in [-0.05, 0) is 38.8 Å². The van der Waals surface area contributed by atoms with Gasteiger partial charge in [0.05, 0.1) is 12.1 Å². The number of rotatable bonds is 5. The molecular weight excluding hydrogens is 230 g/mol. The summed E-state index contributed by atoms with van der Waals surface area (Å²) in [5.74, 6) is 0.125. The van der Waals surface area contributed by atoms with Gasteiger partial charge in [0.2, 0.25) is 5.91 Å². The Kier molecular flexibility index (Phi) is 4.97. The Morgan fingerprint density at radius 1 is 1.33 bits per heavy atom. The highest BCUT2D eigenvalue weighted by Crippen LogP contribution is 2.34. The summed E-state index contributed by atoms with van der Waals surface area (Å²) in [7, 11) is 1.74. The van der Waals surface area contributed by atoms with Crippen LogP contribution in [0.4, 0.5) is 0 Å². The van der Waals surface area contributed by atoms with Crippen LogP contribution in [-0.4, -0.2) is 62.8 Å². The third kappa shape index (κ3) is 3.67. The van der Waals surface area contributed by atoms with E-state index in [-0.39, 0.29) is 11.5 Å². The van der Waals surface area contributed by atoms with E-state index in [1.807, 2.05) is 0 Å². The molecule has 2 N–H and O–H groups in total. The number of nitrogens with zero attached hydrogens (tertiary/aromatic N) is 1. The summed E-state index contributed by atoms with van der Waals surface area (Å²) in [6.45, 7) is 5.19. The predicted octanol–water partition coefficient (Wildman–Crippen LogP) is -0.0330. The molecule has 2 rings (SSSR count). The van der Waals surface area contributed by atoms with Crippen molar-refractivity contribution in [2.24, 2.45) is 0 Å². The zero-order chi connectivity index (χ0) is 12.8. The van der Waals surface area contributed by atoms with Crippen molar-refractivity contribution in [3.8, 4) is 0 Å². The second-order valence-corrected chi connectivity index (χ2v) is 5.40. The van der Waals surface area contributed by atoms with Crippen molar-refractivity contribution in [1.82, 2.24) is 15.5 Å². The highest BCUT2D eigenvalue weighted by molar-refractivity contribution is 5.78. The van der Waals surface area contributed by atoms with Crippen molar-refractivity contribution in [2.75, 3.05) is 46.4 Å². The molecule has 0 radical (unpaired) electrons. The highest BCUT2D eigenvalue weighted by Gasteiger charge is 2.37. The molecule has 1 aliphatic carbocycles. The van der Waals surface area contributed by atoms with Crippen LogP contribution in [0.15, 0.2) is 0 Å². The van der Waals surface area contributed by atoms with Crippen molar-refractivity contribution in [3.63, 3.8) is 0 Å². The molecule has 0 bridgehead atoms. The first kappa shape index (κ1) is 13.8. The number of carbonyl (C=O) groups excluding carboxylic acids is 1. The van der Waals surface area contributed by atoms with Crippen LogP contribution < -0.4 is 10.6 Å². The number of carbonyl (C=O) groups is 1. The monoisotopic (exact) mass is 255 g/mol. The summed E-state index contributed by atoms with van der Waals surface area (Å²) in [5, 5.41) is 6.36. The Bertz CT molecular complexity index is 266. The second kappa shape index (κ2) is 6.50. The largest absolute Gasteiger partial charge is 0.376 e.